The molecule has 0 aromatic carbocycles. The number of aliphatic imine (C=N–C) groups is 1. The molecule has 0 radical (unpaired) electrons. The van der Waals surface area contributed by atoms with Crippen LogP contribution in [0.15, 0.2) is 4.99 Å². The van der Waals surface area contributed by atoms with Crippen molar-refractivity contribution >= 4 is 11.9 Å². The highest BCUT2D eigenvalue weighted by Gasteiger charge is 2.26. The number of methoxy groups -OCH3 is 1. The Morgan fingerprint density at radius 2 is 1.73 bits per heavy atom. The molecule has 0 aromatic rings. The first kappa shape index (κ1) is 21.0. The average Bonchev–Trinajstić information content (AvgIpc) is 2.70. The molecule has 0 aliphatic carbocycles. The van der Waals surface area contributed by atoms with E-state index < -0.39 is 0 Å². The maximum absolute atomic E-state index is 11.6. The number of piperazine rings is 1. The van der Waals surface area contributed by atoms with E-state index in [0.717, 1.165) is 44.9 Å². The van der Waals surface area contributed by atoms with Crippen LogP contribution in [-0.4, -0.2) is 99.7 Å². The van der Waals surface area contributed by atoms with Crippen molar-refractivity contribution in [2.75, 3.05) is 73.1 Å². The summed E-state index contributed by atoms with van der Waals surface area (Å²) in [5.74, 6) is 0.930. The highest BCUT2D eigenvalue weighted by Crippen LogP contribution is 2.18. The second-order valence-corrected chi connectivity index (χ2v) is 7.24. The summed E-state index contributed by atoms with van der Waals surface area (Å²) in [7, 11) is 3.31. The summed E-state index contributed by atoms with van der Waals surface area (Å²) >= 11 is 0. The molecule has 0 spiro atoms. The third kappa shape index (κ3) is 6.43. The van der Waals surface area contributed by atoms with Gasteiger partial charge in [-0.1, -0.05) is 6.92 Å². The summed E-state index contributed by atoms with van der Waals surface area (Å²) < 4.78 is 4.86. The summed E-state index contributed by atoms with van der Waals surface area (Å²) in [5.41, 5.74) is 0. The lowest BCUT2D eigenvalue weighted by molar-refractivity contribution is -0.146. The number of likely N-dealkylation sites (tertiary alicyclic amines) is 1. The van der Waals surface area contributed by atoms with Gasteiger partial charge in [0.25, 0.3) is 0 Å². The van der Waals surface area contributed by atoms with Gasteiger partial charge >= 0.3 is 5.97 Å². The Kier molecular flexibility index (Phi) is 9.18. The summed E-state index contributed by atoms with van der Waals surface area (Å²) in [6, 6.07) is 0. The number of rotatable bonds is 7. The standard InChI is InChI=1S/C19H37N5O2/c1-4-22-13-15-23(16-14-22)10-6-5-9-21-19(20-2)24-11-7-17(8-12-24)18(25)26-3/h17H,4-16H2,1-3H3,(H,20,21). The summed E-state index contributed by atoms with van der Waals surface area (Å²) in [4.78, 5) is 23.4. The van der Waals surface area contributed by atoms with Crippen LogP contribution in [0.3, 0.4) is 0 Å². The lowest BCUT2D eigenvalue weighted by Crippen LogP contribution is -2.47. The molecule has 7 heteroatoms. The van der Waals surface area contributed by atoms with Crippen molar-refractivity contribution in [2.45, 2.75) is 32.6 Å². The second-order valence-electron chi connectivity index (χ2n) is 7.24. The molecule has 2 heterocycles. The van der Waals surface area contributed by atoms with Gasteiger partial charge in [0.1, 0.15) is 0 Å². The van der Waals surface area contributed by atoms with Gasteiger partial charge in [0.2, 0.25) is 0 Å². The van der Waals surface area contributed by atoms with E-state index in [2.05, 4.69) is 31.9 Å². The third-order valence-electron chi connectivity index (χ3n) is 5.64. The first-order valence-corrected chi connectivity index (χ1v) is 10.2. The smallest absolute Gasteiger partial charge is 0.308 e. The number of carbonyl (C=O) groups excluding carboxylic acids is 1. The van der Waals surface area contributed by atoms with Crippen LogP contribution in [0.5, 0.6) is 0 Å². The number of carbonyl (C=O) groups is 1. The van der Waals surface area contributed by atoms with Gasteiger partial charge in [-0.05, 0) is 38.8 Å². The molecule has 7 nitrogen and oxygen atoms in total. The number of piperidine rings is 1. The van der Waals surface area contributed by atoms with Crippen molar-refractivity contribution in [1.29, 1.82) is 0 Å². The van der Waals surface area contributed by atoms with E-state index in [9.17, 15) is 4.79 Å². The average molecular weight is 368 g/mol. The minimum Gasteiger partial charge on any atom is -0.469 e. The Labute approximate surface area is 158 Å². The number of likely N-dealkylation sites (N-methyl/N-ethyl adjacent to an activating group) is 1. The predicted octanol–water partition coefficient (Wildman–Crippen LogP) is 0.865. The number of hydrogen-bond donors (Lipinski definition) is 1. The maximum atomic E-state index is 11.6. The lowest BCUT2D eigenvalue weighted by Gasteiger charge is -2.34. The van der Waals surface area contributed by atoms with E-state index in [0.29, 0.717) is 0 Å². The van der Waals surface area contributed by atoms with Gasteiger partial charge in [0, 0.05) is 52.9 Å². The van der Waals surface area contributed by atoms with E-state index >= 15 is 0 Å². The van der Waals surface area contributed by atoms with Gasteiger partial charge in [0.05, 0.1) is 13.0 Å². The van der Waals surface area contributed by atoms with E-state index in [-0.39, 0.29) is 11.9 Å². The van der Waals surface area contributed by atoms with Crippen molar-refractivity contribution in [2.24, 2.45) is 10.9 Å². The molecule has 2 aliphatic heterocycles. The fourth-order valence-electron chi connectivity index (χ4n) is 3.82. The van der Waals surface area contributed by atoms with Crippen LogP contribution in [0.2, 0.25) is 0 Å². The maximum Gasteiger partial charge on any atom is 0.308 e. The summed E-state index contributed by atoms with van der Waals surface area (Å²) in [5, 5.41) is 3.48. The van der Waals surface area contributed by atoms with E-state index in [1.165, 1.54) is 52.8 Å². The number of unbranched alkanes of at least 4 members (excludes halogenated alkanes) is 1. The molecule has 2 rings (SSSR count). The molecule has 2 fully saturated rings. The lowest BCUT2D eigenvalue weighted by atomic mass is 9.97. The molecule has 2 aliphatic rings. The molecule has 0 saturated carbocycles. The van der Waals surface area contributed by atoms with E-state index in [1.807, 2.05) is 7.05 Å². The van der Waals surface area contributed by atoms with Crippen LogP contribution in [0.4, 0.5) is 0 Å². The van der Waals surface area contributed by atoms with Gasteiger partial charge in [-0.3, -0.25) is 9.79 Å². The number of ether oxygens (including phenoxy) is 1. The minimum atomic E-state index is -0.0765. The molecular formula is C19H37N5O2. The monoisotopic (exact) mass is 367 g/mol. The molecule has 2 saturated heterocycles. The van der Waals surface area contributed by atoms with Crippen molar-refractivity contribution in [3.8, 4) is 0 Å². The van der Waals surface area contributed by atoms with Crippen LogP contribution in [0.1, 0.15) is 32.6 Å². The van der Waals surface area contributed by atoms with Gasteiger partial charge in [0.15, 0.2) is 5.96 Å². The van der Waals surface area contributed by atoms with Crippen molar-refractivity contribution in [1.82, 2.24) is 20.0 Å². The topological polar surface area (TPSA) is 60.4 Å². The van der Waals surface area contributed by atoms with Crippen LogP contribution in [-0.2, 0) is 9.53 Å². The van der Waals surface area contributed by atoms with Crippen molar-refractivity contribution < 1.29 is 9.53 Å². The molecule has 0 aromatic heterocycles. The molecule has 1 N–H and O–H groups in total. The first-order chi connectivity index (χ1) is 12.7. The molecule has 150 valence electrons. The first-order valence-electron chi connectivity index (χ1n) is 10.2. The van der Waals surface area contributed by atoms with Crippen LogP contribution < -0.4 is 5.32 Å². The Bertz CT molecular complexity index is 441. The van der Waals surface area contributed by atoms with Crippen LogP contribution >= 0.6 is 0 Å². The van der Waals surface area contributed by atoms with Gasteiger partial charge < -0.3 is 24.8 Å². The fourth-order valence-corrected chi connectivity index (χ4v) is 3.82. The molecule has 0 amide bonds. The highest BCUT2D eigenvalue weighted by atomic mass is 16.5. The second kappa shape index (κ2) is 11.4. The highest BCUT2D eigenvalue weighted by molar-refractivity contribution is 5.80. The Morgan fingerprint density at radius 3 is 2.31 bits per heavy atom. The van der Waals surface area contributed by atoms with Gasteiger partial charge in [-0.15, -0.1) is 0 Å². The SMILES string of the molecule is CCN1CCN(CCCCNC(=NC)N2CCC(C(=O)OC)CC2)CC1. The van der Waals surface area contributed by atoms with Crippen molar-refractivity contribution in [3.05, 3.63) is 0 Å². The zero-order valence-corrected chi connectivity index (χ0v) is 16.9. The summed E-state index contributed by atoms with van der Waals surface area (Å²) in [6.07, 6.45) is 4.07. The zero-order valence-electron chi connectivity index (χ0n) is 16.9. The minimum absolute atomic E-state index is 0.0440. The fraction of sp³-hybridized carbons (Fsp3) is 0.895. The summed E-state index contributed by atoms with van der Waals surface area (Å²) in [6.45, 7) is 12.1. The van der Waals surface area contributed by atoms with Crippen LogP contribution in [0, 0.1) is 5.92 Å². The molecule has 0 unspecified atom stereocenters. The molecule has 0 bridgehead atoms. The van der Waals surface area contributed by atoms with Crippen LogP contribution in [0.25, 0.3) is 0 Å². The van der Waals surface area contributed by atoms with Crippen molar-refractivity contribution in [3.63, 3.8) is 0 Å². The van der Waals surface area contributed by atoms with Gasteiger partial charge in [-0.25, -0.2) is 0 Å². The molecular weight excluding hydrogens is 330 g/mol. The number of nitrogens with one attached hydrogen (secondary N) is 1. The van der Waals surface area contributed by atoms with E-state index in [1.54, 1.807) is 0 Å². The van der Waals surface area contributed by atoms with Gasteiger partial charge in [-0.2, -0.15) is 0 Å². The molecule has 0 atom stereocenters. The number of hydrogen-bond acceptors (Lipinski definition) is 5. The third-order valence-corrected chi connectivity index (χ3v) is 5.64. The zero-order chi connectivity index (χ0) is 18.8. The quantitative estimate of drug-likeness (QED) is 0.312. The number of esters is 1. The Balaban J connectivity index is 1.57. The Hall–Kier alpha value is -1.34. The van der Waals surface area contributed by atoms with E-state index in [4.69, 9.17) is 4.74 Å². The number of guanidine groups is 1. The molecule has 26 heavy (non-hydrogen) atoms. The normalized spacial score (nSPS) is 21.0. The predicted molar refractivity (Wildman–Crippen MR) is 105 cm³/mol. The Morgan fingerprint density at radius 1 is 1.08 bits per heavy atom. The number of nitrogens with zero attached hydrogens (tertiary/aromatic N) is 4. The largest absolute Gasteiger partial charge is 0.469 e.